The molecule has 0 radical (unpaired) electrons. The monoisotopic (exact) mass is 528 g/mol. The Bertz CT molecular complexity index is 1330. The molecule has 1 aromatic carbocycles. The molecule has 3 N–H and O–H groups in total. The number of nitrogens with zero attached hydrogens (tertiary/aromatic N) is 3. The van der Waals surface area contributed by atoms with Gasteiger partial charge in [0, 0.05) is 55.5 Å². The van der Waals surface area contributed by atoms with Gasteiger partial charge in [-0.25, -0.2) is 18.7 Å². The van der Waals surface area contributed by atoms with Gasteiger partial charge >= 0.3 is 6.03 Å². The first-order valence-corrected chi connectivity index (χ1v) is 14.1. The second kappa shape index (κ2) is 10.7. The molecule has 2 aliphatic rings. The van der Waals surface area contributed by atoms with Crippen molar-refractivity contribution in [2.75, 3.05) is 25.9 Å². The third kappa shape index (κ3) is 5.88. The van der Waals surface area contributed by atoms with Crippen molar-refractivity contribution in [1.29, 1.82) is 0 Å². The Labute approximate surface area is 216 Å². The van der Waals surface area contributed by atoms with Crippen LogP contribution in [0.5, 0.6) is 0 Å². The third-order valence-electron chi connectivity index (χ3n) is 7.26. The van der Waals surface area contributed by atoms with Crippen molar-refractivity contribution in [2.45, 2.75) is 50.1 Å². The summed E-state index contributed by atoms with van der Waals surface area (Å²) in [7, 11) is -3.84. The molecule has 0 saturated carbocycles. The van der Waals surface area contributed by atoms with Crippen LogP contribution < -0.4 is 5.48 Å². The minimum absolute atomic E-state index is 0.0306. The quantitative estimate of drug-likeness (QED) is 0.281. The Balaban J connectivity index is 1.36. The summed E-state index contributed by atoms with van der Waals surface area (Å²) in [6, 6.07) is 9.55. The van der Waals surface area contributed by atoms with Crippen LogP contribution in [0.3, 0.4) is 0 Å². The van der Waals surface area contributed by atoms with Gasteiger partial charge in [0.25, 0.3) is 5.91 Å². The maximum Gasteiger partial charge on any atom is 0.328 e. The second-order valence-electron chi connectivity index (χ2n) is 9.94. The number of nitrogens with one attached hydrogen (secondary N) is 1. The Hall–Kier alpha value is -3.17. The Morgan fingerprint density at radius 3 is 2.41 bits per heavy atom. The highest BCUT2D eigenvalue weighted by molar-refractivity contribution is 7.92. The van der Waals surface area contributed by atoms with Gasteiger partial charge < -0.3 is 10.0 Å². The average Bonchev–Trinajstić information content (AvgIpc) is 3.40. The molecule has 37 heavy (non-hydrogen) atoms. The summed E-state index contributed by atoms with van der Waals surface area (Å²) in [5.41, 5.74) is 4.89. The predicted molar refractivity (Wildman–Crippen MR) is 136 cm³/mol. The first-order chi connectivity index (χ1) is 17.5. The number of aliphatic hydroxyl groups is 1. The largest absolute Gasteiger partial charge is 0.393 e. The molecule has 1 saturated heterocycles. The zero-order valence-electron chi connectivity index (χ0n) is 21.0. The maximum atomic E-state index is 12.8. The van der Waals surface area contributed by atoms with Gasteiger partial charge in [0.05, 0.1) is 12.6 Å². The fourth-order valence-corrected chi connectivity index (χ4v) is 5.42. The van der Waals surface area contributed by atoms with Gasteiger partial charge in [-0.05, 0) is 49.9 Å². The van der Waals surface area contributed by atoms with Crippen molar-refractivity contribution in [2.24, 2.45) is 0 Å². The number of hydrogen-bond donors (Lipinski definition) is 3. The van der Waals surface area contributed by atoms with Crippen LogP contribution in [0.4, 0.5) is 4.79 Å². The van der Waals surface area contributed by atoms with E-state index in [1.807, 2.05) is 18.2 Å². The van der Waals surface area contributed by atoms with Gasteiger partial charge in [0.1, 0.15) is 0 Å². The highest BCUT2D eigenvalue weighted by Gasteiger charge is 2.44. The van der Waals surface area contributed by atoms with Crippen molar-refractivity contribution >= 4 is 21.8 Å². The van der Waals surface area contributed by atoms with Gasteiger partial charge in [0.15, 0.2) is 14.6 Å². The summed E-state index contributed by atoms with van der Waals surface area (Å²) in [6.07, 6.45) is 3.87. The molecule has 11 heteroatoms. The summed E-state index contributed by atoms with van der Waals surface area (Å²) in [4.78, 5) is 28.6. The molecular formula is C26H32N4O6S. The van der Waals surface area contributed by atoms with Crippen molar-refractivity contribution < 1.29 is 28.3 Å². The Morgan fingerprint density at radius 1 is 1.16 bits per heavy atom. The number of fused-ring (bicyclic) bond motifs is 1. The van der Waals surface area contributed by atoms with Gasteiger partial charge in [0.2, 0.25) is 0 Å². The van der Waals surface area contributed by atoms with Crippen LogP contribution in [0.2, 0.25) is 0 Å². The lowest BCUT2D eigenvalue weighted by atomic mass is 10.1. The van der Waals surface area contributed by atoms with Gasteiger partial charge in [-0.2, -0.15) is 0 Å². The number of carbonyl (C=O) groups is 2. The van der Waals surface area contributed by atoms with E-state index in [0.717, 1.165) is 50.0 Å². The number of benzene rings is 1. The molecule has 3 heterocycles. The lowest BCUT2D eigenvalue weighted by Gasteiger charge is -2.29. The standard InChI is InChI=1S/C26H32N4O6S/c1-26(24(32)27-34,37(2,35)36)11-14-29-18-22-15-21(17-30(22)25(29)33)8-5-19-3-6-20(7-4-19)16-28-12-9-23(31)10-13-28/h3-4,6-7,15,17,23,31,34H,9-14,16,18H2,1-2H3,(H,27,32)/t26-/m1/s1. The Morgan fingerprint density at radius 2 is 1.81 bits per heavy atom. The highest BCUT2D eigenvalue weighted by Crippen LogP contribution is 2.25. The molecule has 4 rings (SSSR count). The van der Waals surface area contributed by atoms with E-state index in [0.29, 0.717) is 5.56 Å². The first kappa shape index (κ1) is 26.9. The van der Waals surface area contributed by atoms with Gasteiger partial charge in [-0.3, -0.25) is 19.5 Å². The topological polar surface area (TPSA) is 132 Å². The van der Waals surface area contributed by atoms with E-state index in [4.69, 9.17) is 5.21 Å². The van der Waals surface area contributed by atoms with E-state index in [2.05, 4.69) is 28.9 Å². The van der Waals surface area contributed by atoms with E-state index in [-0.39, 0.29) is 31.6 Å². The zero-order valence-corrected chi connectivity index (χ0v) is 21.8. The SMILES string of the molecule is C[C@@](CCN1Cc2cc(C#Cc3ccc(CN4CCC(O)CC4)cc3)cn2C1=O)(C(=O)NO)S(C)(=O)=O. The number of aromatic nitrogens is 1. The number of rotatable bonds is 7. The summed E-state index contributed by atoms with van der Waals surface area (Å²) in [5.74, 6) is 5.18. The second-order valence-corrected chi connectivity index (χ2v) is 12.4. The molecule has 0 aliphatic carbocycles. The molecule has 0 bridgehead atoms. The summed E-state index contributed by atoms with van der Waals surface area (Å²) in [5, 5.41) is 18.6. The molecular weight excluding hydrogens is 496 g/mol. The molecule has 1 aromatic heterocycles. The van der Waals surface area contributed by atoms with Crippen molar-refractivity contribution in [3.8, 4) is 11.8 Å². The number of hydroxylamine groups is 1. The van der Waals surface area contributed by atoms with Crippen molar-refractivity contribution in [3.05, 3.63) is 58.9 Å². The lowest BCUT2D eigenvalue weighted by Crippen LogP contribution is -2.50. The molecule has 2 aromatic rings. The number of piperidine rings is 1. The smallest absolute Gasteiger partial charge is 0.328 e. The summed E-state index contributed by atoms with van der Waals surface area (Å²) in [6.45, 7) is 4.17. The maximum absolute atomic E-state index is 12.8. The number of aliphatic hydroxyl groups excluding tert-OH is 1. The van der Waals surface area contributed by atoms with Crippen LogP contribution in [0.15, 0.2) is 36.5 Å². The van der Waals surface area contributed by atoms with Crippen LogP contribution in [-0.4, -0.2) is 81.8 Å². The number of carbonyl (C=O) groups excluding carboxylic acids is 2. The number of amides is 2. The molecule has 198 valence electrons. The van der Waals surface area contributed by atoms with Crippen molar-refractivity contribution in [3.63, 3.8) is 0 Å². The lowest BCUT2D eigenvalue weighted by molar-refractivity contribution is -0.131. The van der Waals surface area contributed by atoms with Gasteiger partial charge in [-0.1, -0.05) is 24.0 Å². The molecule has 2 aliphatic heterocycles. The van der Waals surface area contributed by atoms with Crippen LogP contribution >= 0.6 is 0 Å². The molecule has 1 fully saturated rings. The van der Waals surface area contributed by atoms with Gasteiger partial charge in [-0.15, -0.1) is 0 Å². The van der Waals surface area contributed by atoms with Crippen LogP contribution in [0.25, 0.3) is 0 Å². The fraction of sp³-hybridized carbons (Fsp3) is 0.462. The van der Waals surface area contributed by atoms with E-state index in [1.165, 1.54) is 27.4 Å². The molecule has 0 spiro atoms. The minimum Gasteiger partial charge on any atom is -0.393 e. The van der Waals surface area contributed by atoms with Crippen LogP contribution in [0, 0.1) is 11.8 Å². The van der Waals surface area contributed by atoms with E-state index in [9.17, 15) is 23.1 Å². The summed E-state index contributed by atoms with van der Waals surface area (Å²) < 4.78 is 23.9. The minimum atomic E-state index is -3.84. The van der Waals surface area contributed by atoms with Crippen LogP contribution in [0.1, 0.15) is 48.6 Å². The first-order valence-electron chi connectivity index (χ1n) is 12.2. The third-order valence-corrected chi connectivity index (χ3v) is 9.28. The molecule has 10 nitrogen and oxygen atoms in total. The van der Waals surface area contributed by atoms with E-state index < -0.39 is 20.5 Å². The molecule has 0 unspecified atom stereocenters. The number of likely N-dealkylation sites (tertiary alicyclic amines) is 1. The normalized spacial score (nSPS) is 18.2. The zero-order chi connectivity index (χ0) is 26.8. The predicted octanol–water partition coefficient (Wildman–Crippen LogP) is 1.33. The van der Waals surface area contributed by atoms with E-state index in [1.54, 1.807) is 6.20 Å². The number of sulfone groups is 1. The number of hydrogen-bond acceptors (Lipinski definition) is 7. The van der Waals surface area contributed by atoms with Crippen molar-refractivity contribution in [1.82, 2.24) is 19.8 Å². The molecule has 2 amide bonds. The summed E-state index contributed by atoms with van der Waals surface area (Å²) >= 11 is 0. The Kier molecular flexibility index (Phi) is 7.75. The highest BCUT2D eigenvalue weighted by atomic mass is 32.2. The fourth-order valence-electron chi connectivity index (χ4n) is 4.57. The van der Waals surface area contributed by atoms with Crippen LogP contribution in [-0.2, 0) is 27.7 Å². The van der Waals surface area contributed by atoms with E-state index >= 15 is 0 Å². The average molecular weight is 529 g/mol. The molecule has 1 atom stereocenters.